The summed E-state index contributed by atoms with van der Waals surface area (Å²) in [6.45, 7) is 0. The van der Waals surface area contributed by atoms with E-state index in [0.717, 1.165) is 32.1 Å². The molecule has 33 heavy (non-hydrogen) atoms. The summed E-state index contributed by atoms with van der Waals surface area (Å²) >= 11 is 4.90. The minimum Gasteiger partial charge on any atom is -0.497 e. The number of imidazole rings is 1. The molecular formula is C24H19BrN4O3S. The highest BCUT2D eigenvalue weighted by molar-refractivity contribution is 9.10. The summed E-state index contributed by atoms with van der Waals surface area (Å²) in [6.07, 6.45) is 0. The van der Waals surface area contributed by atoms with Crippen molar-refractivity contribution in [3.63, 3.8) is 0 Å². The van der Waals surface area contributed by atoms with Gasteiger partial charge in [0.25, 0.3) is 0 Å². The average molecular weight is 523 g/mol. The lowest BCUT2D eigenvalue weighted by molar-refractivity contribution is -0.113. The Morgan fingerprint density at radius 1 is 1.03 bits per heavy atom. The average Bonchev–Trinajstić information content (AvgIpc) is 3.23. The molecule has 0 radical (unpaired) electrons. The van der Waals surface area contributed by atoms with Gasteiger partial charge in [0.05, 0.1) is 42.2 Å². The molecule has 0 saturated heterocycles. The third-order valence-electron chi connectivity index (χ3n) is 5.18. The smallest absolute Gasteiger partial charge is 0.234 e. The van der Waals surface area contributed by atoms with Gasteiger partial charge in [0.2, 0.25) is 5.91 Å². The molecule has 7 nitrogen and oxygen atoms in total. The van der Waals surface area contributed by atoms with E-state index in [0.29, 0.717) is 22.3 Å². The molecular weight excluding hydrogens is 504 g/mol. The van der Waals surface area contributed by atoms with Crippen LogP contribution in [0.15, 0.2) is 70.3 Å². The van der Waals surface area contributed by atoms with Crippen molar-refractivity contribution in [2.75, 3.05) is 25.3 Å². The van der Waals surface area contributed by atoms with Gasteiger partial charge in [0.1, 0.15) is 17.1 Å². The maximum Gasteiger partial charge on any atom is 0.234 e. The number of nitrogens with one attached hydrogen (secondary N) is 1. The largest absolute Gasteiger partial charge is 0.497 e. The second-order valence-corrected chi connectivity index (χ2v) is 9.08. The lowest BCUT2D eigenvalue weighted by Crippen LogP contribution is -2.15. The van der Waals surface area contributed by atoms with Crippen molar-refractivity contribution < 1.29 is 14.3 Å². The van der Waals surface area contributed by atoms with Gasteiger partial charge in [-0.05, 0) is 42.5 Å². The summed E-state index contributed by atoms with van der Waals surface area (Å²) in [5, 5.41) is 4.54. The van der Waals surface area contributed by atoms with E-state index in [1.807, 2.05) is 46.9 Å². The molecule has 166 valence electrons. The first-order valence-electron chi connectivity index (χ1n) is 10.1. The second-order valence-electron chi connectivity index (χ2n) is 7.22. The Bertz CT molecular complexity index is 1520. The van der Waals surface area contributed by atoms with E-state index >= 15 is 0 Å². The number of hydrogen-bond donors (Lipinski definition) is 1. The number of anilines is 1. The number of benzene rings is 3. The number of ether oxygens (including phenoxy) is 2. The molecule has 3 aromatic carbocycles. The van der Waals surface area contributed by atoms with Crippen molar-refractivity contribution in [3.05, 3.63) is 65.1 Å². The van der Waals surface area contributed by atoms with E-state index in [1.54, 1.807) is 32.4 Å². The van der Waals surface area contributed by atoms with Crippen LogP contribution in [-0.2, 0) is 4.79 Å². The molecule has 5 aromatic rings. The summed E-state index contributed by atoms with van der Waals surface area (Å²) in [4.78, 5) is 22.5. The van der Waals surface area contributed by atoms with E-state index in [1.165, 1.54) is 11.8 Å². The van der Waals surface area contributed by atoms with E-state index in [-0.39, 0.29) is 11.7 Å². The molecule has 2 aromatic heterocycles. The predicted molar refractivity (Wildman–Crippen MR) is 135 cm³/mol. The highest BCUT2D eigenvalue weighted by atomic mass is 79.9. The Morgan fingerprint density at radius 2 is 1.88 bits per heavy atom. The lowest BCUT2D eigenvalue weighted by Gasteiger charge is -2.12. The molecule has 0 bridgehead atoms. The van der Waals surface area contributed by atoms with Gasteiger partial charge in [0.15, 0.2) is 5.16 Å². The molecule has 0 fully saturated rings. The summed E-state index contributed by atoms with van der Waals surface area (Å²) in [5.41, 5.74) is 3.99. The summed E-state index contributed by atoms with van der Waals surface area (Å²) in [7, 11) is 3.14. The number of halogens is 1. The zero-order valence-corrected chi connectivity index (χ0v) is 20.2. The summed E-state index contributed by atoms with van der Waals surface area (Å²) in [6, 6.07) is 19.1. The Morgan fingerprint density at radius 3 is 2.70 bits per heavy atom. The molecule has 0 aliphatic rings. The van der Waals surface area contributed by atoms with Gasteiger partial charge in [-0.3, -0.25) is 9.20 Å². The highest BCUT2D eigenvalue weighted by Crippen LogP contribution is 2.32. The van der Waals surface area contributed by atoms with Gasteiger partial charge in [0, 0.05) is 15.9 Å². The van der Waals surface area contributed by atoms with Crippen LogP contribution in [0.25, 0.3) is 27.6 Å². The van der Waals surface area contributed by atoms with E-state index in [2.05, 4.69) is 21.2 Å². The van der Waals surface area contributed by atoms with Crippen LogP contribution in [0.3, 0.4) is 0 Å². The van der Waals surface area contributed by atoms with Gasteiger partial charge in [-0.25, -0.2) is 9.97 Å². The molecule has 9 heteroatoms. The zero-order chi connectivity index (χ0) is 22.9. The second kappa shape index (κ2) is 8.92. The maximum atomic E-state index is 12.8. The number of thioether (sulfide) groups is 1. The number of rotatable bonds is 6. The lowest BCUT2D eigenvalue weighted by atomic mass is 10.2. The number of carbonyl (C=O) groups excluding carboxylic acids is 1. The van der Waals surface area contributed by atoms with Gasteiger partial charge < -0.3 is 14.8 Å². The molecule has 0 saturated carbocycles. The first-order valence-corrected chi connectivity index (χ1v) is 11.9. The number of fused-ring (bicyclic) bond motifs is 5. The number of methoxy groups -OCH3 is 2. The van der Waals surface area contributed by atoms with Crippen LogP contribution in [0, 0.1) is 0 Å². The fraction of sp³-hybridized carbons (Fsp3) is 0.125. The molecule has 0 atom stereocenters. The van der Waals surface area contributed by atoms with E-state index in [4.69, 9.17) is 19.4 Å². The van der Waals surface area contributed by atoms with Crippen LogP contribution >= 0.6 is 27.7 Å². The molecule has 2 heterocycles. The van der Waals surface area contributed by atoms with Crippen molar-refractivity contribution >= 4 is 66.9 Å². The first-order chi connectivity index (χ1) is 16.1. The number of hydrogen-bond acceptors (Lipinski definition) is 6. The zero-order valence-electron chi connectivity index (χ0n) is 17.8. The van der Waals surface area contributed by atoms with Crippen LogP contribution in [0.2, 0.25) is 0 Å². The monoisotopic (exact) mass is 522 g/mol. The third kappa shape index (κ3) is 4.09. The van der Waals surface area contributed by atoms with Gasteiger partial charge in [-0.1, -0.05) is 39.8 Å². The normalized spacial score (nSPS) is 11.2. The van der Waals surface area contributed by atoms with Crippen LogP contribution in [0.1, 0.15) is 0 Å². The Labute approximate surface area is 202 Å². The van der Waals surface area contributed by atoms with Crippen molar-refractivity contribution in [2.45, 2.75) is 5.16 Å². The molecule has 1 N–H and O–H groups in total. The minimum absolute atomic E-state index is 0.164. The van der Waals surface area contributed by atoms with Crippen molar-refractivity contribution in [2.24, 2.45) is 0 Å². The Balaban J connectivity index is 1.50. The standard InChI is InChI=1S/C24H19BrN4O3S/c1-31-15-8-10-21(32-2)19(12-15)26-22(30)13-33-24-28-17-9-7-14(25)11-16(17)23-27-18-5-3-4-6-20(18)29(23)24/h3-12H,13H2,1-2H3,(H,26,30). The molecule has 0 aliphatic carbocycles. The predicted octanol–water partition coefficient (Wildman–Crippen LogP) is 5.55. The molecule has 0 aliphatic heterocycles. The van der Waals surface area contributed by atoms with Crippen molar-refractivity contribution in [1.82, 2.24) is 14.4 Å². The highest BCUT2D eigenvalue weighted by Gasteiger charge is 2.16. The van der Waals surface area contributed by atoms with Gasteiger partial charge in [-0.2, -0.15) is 0 Å². The fourth-order valence-electron chi connectivity index (χ4n) is 3.66. The van der Waals surface area contributed by atoms with Crippen molar-refractivity contribution in [3.8, 4) is 11.5 Å². The van der Waals surface area contributed by atoms with Crippen LogP contribution in [0.4, 0.5) is 5.69 Å². The fourth-order valence-corrected chi connectivity index (χ4v) is 4.83. The first kappa shape index (κ1) is 21.5. The third-order valence-corrected chi connectivity index (χ3v) is 6.61. The van der Waals surface area contributed by atoms with Gasteiger partial charge >= 0.3 is 0 Å². The number of nitrogens with zero attached hydrogens (tertiary/aromatic N) is 3. The van der Waals surface area contributed by atoms with Crippen LogP contribution < -0.4 is 14.8 Å². The van der Waals surface area contributed by atoms with Crippen molar-refractivity contribution in [1.29, 1.82) is 0 Å². The van der Waals surface area contributed by atoms with E-state index < -0.39 is 0 Å². The number of aromatic nitrogens is 3. The van der Waals surface area contributed by atoms with Crippen LogP contribution in [0.5, 0.6) is 11.5 Å². The Hall–Kier alpha value is -3.30. The summed E-state index contributed by atoms with van der Waals surface area (Å²) < 4.78 is 13.6. The summed E-state index contributed by atoms with van der Waals surface area (Å²) in [5.74, 6) is 1.18. The Kier molecular flexibility index (Phi) is 5.82. The van der Waals surface area contributed by atoms with Gasteiger partial charge in [-0.15, -0.1) is 0 Å². The van der Waals surface area contributed by atoms with Crippen LogP contribution in [-0.4, -0.2) is 40.2 Å². The molecule has 1 amide bonds. The topological polar surface area (TPSA) is 77.8 Å². The van der Waals surface area contributed by atoms with E-state index in [9.17, 15) is 4.79 Å². The molecule has 0 spiro atoms. The number of carbonyl (C=O) groups is 1. The quantitative estimate of drug-likeness (QED) is 0.233. The maximum absolute atomic E-state index is 12.8. The molecule has 5 rings (SSSR count). The molecule has 0 unspecified atom stereocenters. The number of para-hydroxylation sites is 2. The SMILES string of the molecule is COc1ccc(OC)c(NC(=O)CSc2nc3ccc(Br)cc3c3nc4ccccc4n23)c1. The minimum atomic E-state index is -0.179. The number of amides is 1.